The third-order valence-electron chi connectivity index (χ3n) is 3.67. The van der Waals surface area contributed by atoms with E-state index in [0.29, 0.717) is 34.5 Å². The molecule has 0 radical (unpaired) electrons. The van der Waals surface area contributed by atoms with E-state index in [1.807, 2.05) is 36.6 Å². The lowest BCUT2D eigenvalue weighted by atomic mass is 10.2. The van der Waals surface area contributed by atoms with Gasteiger partial charge in [0.2, 0.25) is 0 Å². The van der Waals surface area contributed by atoms with Crippen molar-refractivity contribution in [2.75, 3.05) is 0 Å². The van der Waals surface area contributed by atoms with Crippen LogP contribution >= 0.6 is 34.5 Å². The first-order chi connectivity index (χ1) is 12.0. The van der Waals surface area contributed by atoms with E-state index in [9.17, 15) is 4.79 Å². The van der Waals surface area contributed by atoms with Gasteiger partial charge in [-0.3, -0.25) is 4.79 Å². The van der Waals surface area contributed by atoms with Gasteiger partial charge in [0.15, 0.2) is 0 Å². The average Bonchev–Trinajstić information content (AvgIpc) is 3.11. The highest BCUT2D eigenvalue weighted by Gasteiger charge is 2.20. The molecule has 0 unspecified atom stereocenters. The lowest BCUT2D eigenvalue weighted by Gasteiger charge is -2.06. The van der Waals surface area contributed by atoms with Gasteiger partial charge in [-0.25, -0.2) is 9.67 Å². The Labute approximate surface area is 159 Å². The van der Waals surface area contributed by atoms with Crippen LogP contribution in [0.15, 0.2) is 29.6 Å². The molecule has 1 aromatic carbocycles. The summed E-state index contributed by atoms with van der Waals surface area (Å²) in [6.07, 6.45) is 0. The van der Waals surface area contributed by atoms with Gasteiger partial charge in [0.1, 0.15) is 5.15 Å². The van der Waals surface area contributed by atoms with Crippen molar-refractivity contribution >= 4 is 40.4 Å². The van der Waals surface area contributed by atoms with Crippen molar-refractivity contribution in [3.05, 3.63) is 67.3 Å². The zero-order valence-corrected chi connectivity index (χ0v) is 16.0. The Morgan fingerprint density at radius 1 is 1.28 bits per heavy atom. The van der Waals surface area contributed by atoms with E-state index in [-0.39, 0.29) is 5.91 Å². The SMILES string of the molecule is Cc1nc(CNC(=O)c2c(C)nn(Cc3ccccc3Cl)c2Cl)cs1. The second kappa shape index (κ2) is 7.56. The molecule has 1 N–H and O–H groups in total. The Kier molecular flexibility index (Phi) is 5.42. The quantitative estimate of drug-likeness (QED) is 0.703. The van der Waals surface area contributed by atoms with Crippen LogP contribution in [0.25, 0.3) is 0 Å². The van der Waals surface area contributed by atoms with Crippen LogP contribution in [0.1, 0.15) is 32.3 Å². The number of aryl methyl sites for hydroxylation is 2. The van der Waals surface area contributed by atoms with Crippen LogP contribution in [0.2, 0.25) is 10.2 Å². The van der Waals surface area contributed by atoms with Crippen molar-refractivity contribution < 1.29 is 4.79 Å². The Balaban J connectivity index is 1.77. The number of carbonyl (C=O) groups excluding carboxylic acids is 1. The minimum atomic E-state index is -0.265. The Morgan fingerprint density at radius 3 is 2.72 bits per heavy atom. The predicted molar refractivity (Wildman–Crippen MR) is 101 cm³/mol. The fourth-order valence-electron chi connectivity index (χ4n) is 2.45. The first-order valence-corrected chi connectivity index (χ1v) is 9.24. The van der Waals surface area contributed by atoms with Crippen molar-refractivity contribution in [3.8, 4) is 0 Å². The summed E-state index contributed by atoms with van der Waals surface area (Å²) in [7, 11) is 0. The van der Waals surface area contributed by atoms with Crippen molar-refractivity contribution in [2.45, 2.75) is 26.9 Å². The topological polar surface area (TPSA) is 59.8 Å². The van der Waals surface area contributed by atoms with E-state index >= 15 is 0 Å². The van der Waals surface area contributed by atoms with Gasteiger partial charge in [-0.15, -0.1) is 11.3 Å². The standard InChI is InChI=1S/C17H16Cl2N4OS/c1-10-15(17(24)20-7-13-9-25-11(2)21-13)16(19)23(22-10)8-12-5-3-4-6-14(12)18/h3-6,9H,7-8H2,1-2H3,(H,20,24). The second-order valence-electron chi connectivity index (χ2n) is 5.54. The van der Waals surface area contributed by atoms with E-state index < -0.39 is 0 Å². The molecule has 2 heterocycles. The summed E-state index contributed by atoms with van der Waals surface area (Å²) in [6, 6.07) is 7.47. The predicted octanol–water partition coefficient (Wildman–Crippen LogP) is 4.24. The average molecular weight is 395 g/mol. The molecule has 0 atom stereocenters. The molecule has 0 saturated carbocycles. The van der Waals surface area contributed by atoms with Crippen molar-refractivity contribution in [1.29, 1.82) is 0 Å². The van der Waals surface area contributed by atoms with E-state index in [0.717, 1.165) is 16.3 Å². The number of hydrogen-bond donors (Lipinski definition) is 1. The van der Waals surface area contributed by atoms with Crippen LogP contribution < -0.4 is 5.32 Å². The van der Waals surface area contributed by atoms with Crippen molar-refractivity contribution in [3.63, 3.8) is 0 Å². The number of amides is 1. The van der Waals surface area contributed by atoms with Crippen LogP contribution in [-0.4, -0.2) is 20.7 Å². The summed E-state index contributed by atoms with van der Waals surface area (Å²) >= 11 is 14.1. The molecule has 0 fully saturated rings. The molecule has 3 rings (SSSR count). The molecule has 25 heavy (non-hydrogen) atoms. The Bertz CT molecular complexity index is 919. The highest BCUT2D eigenvalue weighted by molar-refractivity contribution is 7.09. The lowest BCUT2D eigenvalue weighted by molar-refractivity contribution is 0.0950. The molecular formula is C17H16Cl2N4OS. The lowest BCUT2D eigenvalue weighted by Crippen LogP contribution is -2.23. The van der Waals surface area contributed by atoms with Gasteiger partial charge in [0, 0.05) is 10.4 Å². The zero-order chi connectivity index (χ0) is 18.0. The van der Waals surface area contributed by atoms with E-state index in [1.165, 1.54) is 0 Å². The van der Waals surface area contributed by atoms with Crippen LogP contribution in [0, 0.1) is 13.8 Å². The van der Waals surface area contributed by atoms with Crippen LogP contribution in [0.4, 0.5) is 0 Å². The molecule has 130 valence electrons. The first kappa shape index (κ1) is 17.9. The molecule has 0 aliphatic heterocycles. The van der Waals surface area contributed by atoms with Gasteiger partial charge in [-0.1, -0.05) is 41.4 Å². The van der Waals surface area contributed by atoms with Gasteiger partial charge >= 0.3 is 0 Å². The molecule has 0 aliphatic carbocycles. The van der Waals surface area contributed by atoms with E-state index in [2.05, 4.69) is 15.4 Å². The third-order valence-corrected chi connectivity index (χ3v) is 5.24. The summed E-state index contributed by atoms with van der Waals surface area (Å²) in [6.45, 7) is 4.44. The molecule has 8 heteroatoms. The highest BCUT2D eigenvalue weighted by atomic mass is 35.5. The van der Waals surface area contributed by atoms with Crippen molar-refractivity contribution in [1.82, 2.24) is 20.1 Å². The Morgan fingerprint density at radius 2 is 2.04 bits per heavy atom. The number of benzene rings is 1. The number of hydrogen-bond acceptors (Lipinski definition) is 4. The van der Waals surface area contributed by atoms with Gasteiger partial charge in [0.05, 0.1) is 35.0 Å². The maximum Gasteiger partial charge on any atom is 0.256 e. The maximum absolute atomic E-state index is 12.5. The highest BCUT2D eigenvalue weighted by Crippen LogP contribution is 2.23. The fourth-order valence-corrected chi connectivity index (χ4v) is 3.58. The maximum atomic E-state index is 12.5. The van der Waals surface area contributed by atoms with Crippen LogP contribution in [-0.2, 0) is 13.1 Å². The van der Waals surface area contributed by atoms with Gasteiger partial charge < -0.3 is 5.32 Å². The molecule has 0 bridgehead atoms. The van der Waals surface area contributed by atoms with E-state index in [1.54, 1.807) is 22.9 Å². The number of thiazole rings is 1. The molecule has 0 spiro atoms. The molecule has 5 nitrogen and oxygen atoms in total. The number of aromatic nitrogens is 3. The number of carbonyl (C=O) groups is 1. The largest absolute Gasteiger partial charge is 0.346 e. The number of nitrogens with one attached hydrogen (secondary N) is 1. The minimum absolute atomic E-state index is 0.265. The third kappa shape index (κ3) is 4.03. The molecule has 0 saturated heterocycles. The second-order valence-corrected chi connectivity index (χ2v) is 7.37. The smallest absolute Gasteiger partial charge is 0.256 e. The fraction of sp³-hybridized carbons (Fsp3) is 0.235. The molecule has 1 amide bonds. The van der Waals surface area contributed by atoms with Crippen LogP contribution in [0.5, 0.6) is 0 Å². The minimum Gasteiger partial charge on any atom is -0.346 e. The van der Waals surface area contributed by atoms with Crippen molar-refractivity contribution in [2.24, 2.45) is 0 Å². The van der Waals surface area contributed by atoms with E-state index in [4.69, 9.17) is 23.2 Å². The Hall–Kier alpha value is -1.89. The number of rotatable bonds is 5. The van der Waals surface area contributed by atoms with Gasteiger partial charge in [-0.05, 0) is 25.5 Å². The summed E-state index contributed by atoms with van der Waals surface area (Å²) in [5, 5.41) is 11.0. The summed E-state index contributed by atoms with van der Waals surface area (Å²) < 4.78 is 1.58. The summed E-state index contributed by atoms with van der Waals surface area (Å²) in [5.74, 6) is -0.265. The van der Waals surface area contributed by atoms with Gasteiger partial charge in [0.25, 0.3) is 5.91 Å². The zero-order valence-electron chi connectivity index (χ0n) is 13.7. The van der Waals surface area contributed by atoms with Crippen LogP contribution in [0.3, 0.4) is 0 Å². The van der Waals surface area contributed by atoms with Gasteiger partial charge in [-0.2, -0.15) is 5.10 Å². The molecule has 2 aromatic heterocycles. The first-order valence-electron chi connectivity index (χ1n) is 7.61. The normalized spacial score (nSPS) is 10.9. The summed E-state index contributed by atoms with van der Waals surface area (Å²) in [4.78, 5) is 16.8. The molecular weight excluding hydrogens is 379 g/mol. The summed E-state index contributed by atoms with van der Waals surface area (Å²) in [5.41, 5.74) is 2.66. The monoisotopic (exact) mass is 394 g/mol. The molecule has 3 aromatic rings. The number of nitrogens with zero attached hydrogens (tertiary/aromatic N) is 3. The molecule has 0 aliphatic rings. The number of halogens is 2.